The van der Waals surface area contributed by atoms with Crippen LogP contribution in [0, 0.1) is 5.82 Å². The first-order chi connectivity index (χ1) is 10.1. The van der Waals surface area contributed by atoms with Crippen molar-refractivity contribution in [1.29, 1.82) is 0 Å². The number of nitrogens with one attached hydrogen (secondary N) is 1. The Bertz CT molecular complexity index is 625. The molecule has 21 heavy (non-hydrogen) atoms. The number of benzene rings is 1. The van der Waals surface area contributed by atoms with Crippen molar-refractivity contribution in [3.63, 3.8) is 0 Å². The van der Waals surface area contributed by atoms with E-state index >= 15 is 0 Å². The van der Waals surface area contributed by atoms with Crippen LogP contribution in [0.1, 0.15) is 12.6 Å². The van der Waals surface area contributed by atoms with Gasteiger partial charge in [0.25, 0.3) is 0 Å². The van der Waals surface area contributed by atoms with Crippen LogP contribution in [0.15, 0.2) is 27.1 Å². The van der Waals surface area contributed by atoms with Gasteiger partial charge in [-0.3, -0.25) is 0 Å². The van der Waals surface area contributed by atoms with Crippen molar-refractivity contribution in [3.05, 3.63) is 38.7 Å². The van der Waals surface area contributed by atoms with E-state index in [1.54, 1.807) is 19.2 Å². The number of ether oxygens (including phenoxy) is 1. The molecular formula is C14H14Br2FN3O. The summed E-state index contributed by atoms with van der Waals surface area (Å²) in [5, 5.41) is 3.15. The summed E-state index contributed by atoms with van der Waals surface area (Å²) in [6, 6.07) is 4.81. The SMILES string of the molecule is CCNc1nc(-c2ccc(Br)c(F)c2)nc(COC)c1Br. The molecule has 0 amide bonds. The summed E-state index contributed by atoms with van der Waals surface area (Å²) in [5.41, 5.74) is 1.32. The maximum atomic E-state index is 13.7. The molecular weight excluding hydrogens is 405 g/mol. The van der Waals surface area contributed by atoms with Crippen LogP contribution in [-0.4, -0.2) is 23.6 Å². The number of nitrogens with zero attached hydrogens (tertiary/aromatic N) is 2. The van der Waals surface area contributed by atoms with Gasteiger partial charge >= 0.3 is 0 Å². The Labute approximate surface area is 139 Å². The highest BCUT2D eigenvalue weighted by molar-refractivity contribution is 9.11. The number of anilines is 1. The second kappa shape index (κ2) is 7.29. The molecule has 0 saturated carbocycles. The third-order valence-corrected chi connectivity index (χ3v) is 4.20. The van der Waals surface area contributed by atoms with Crippen molar-refractivity contribution in [2.45, 2.75) is 13.5 Å². The van der Waals surface area contributed by atoms with Crippen LogP contribution < -0.4 is 5.32 Å². The smallest absolute Gasteiger partial charge is 0.162 e. The Morgan fingerprint density at radius 1 is 1.29 bits per heavy atom. The average molecular weight is 419 g/mol. The van der Waals surface area contributed by atoms with Gasteiger partial charge in [0, 0.05) is 19.2 Å². The zero-order chi connectivity index (χ0) is 15.4. The molecule has 1 aromatic carbocycles. The molecule has 4 nitrogen and oxygen atoms in total. The van der Waals surface area contributed by atoms with E-state index < -0.39 is 0 Å². The van der Waals surface area contributed by atoms with Gasteiger partial charge in [0.15, 0.2) is 5.82 Å². The van der Waals surface area contributed by atoms with E-state index in [9.17, 15) is 4.39 Å². The fourth-order valence-electron chi connectivity index (χ4n) is 1.77. The fraction of sp³-hybridized carbons (Fsp3) is 0.286. The van der Waals surface area contributed by atoms with Gasteiger partial charge in [-0.15, -0.1) is 0 Å². The quantitative estimate of drug-likeness (QED) is 0.782. The maximum absolute atomic E-state index is 13.7. The largest absolute Gasteiger partial charge is 0.378 e. The van der Waals surface area contributed by atoms with Crippen molar-refractivity contribution >= 4 is 37.7 Å². The number of rotatable bonds is 5. The second-order valence-electron chi connectivity index (χ2n) is 4.25. The van der Waals surface area contributed by atoms with E-state index in [-0.39, 0.29) is 5.82 Å². The fourth-order valence-corrected chi connectivity index (χ4v) is 2.45. The molecule has 112 valence electrons. The molecule has 0 aliphatic rings. The van der Waals surface area contributed by atoms with E-state index in [4.69, 9.17) is 4.74 Å². The first-order valence-corrected chi connectivity index (χ1v) is 7.90. The van der Waals surface area contributed by atoms with Crippen molar-refractivity contribution < 1.29 is 9.13 Å². The van der Waals surface area contributed by atoms with Crippen molar-refractivity contribution in [2.75, 3.05) is 19.0 Å². The summed E-state index contributed by atoms with van der Waals surface area (Å²) in [6.45, 7) is 3.03. The zero-order valence-corrected chi connectivity index (χ0v) is 14.8. The second-order valence-corrected chi connectivity index (χ2v) is 5.90. The first-order valence-electron chi connectivity index (χ1n) is 6.31. The summed E-state index contributed by atoms with van der Waals surface area (Å²) in [7, 11) is 1.60. The van der Waals surface area contributed by atoms with Gasteiger partial charge in [0.05, 0.1) is 21.2 Å². The Kier molecular flexibility index (Phi) is 5.66. The standard InChI is InChI=1S/C14H14Br2FN3O/c1-3-18-14-12(16)11(7-21-2)19-13(20-14)8-4-5-9(15)10(17)6-8/h4-6H,3,7H2,1-2H3,(H,18,19,20). The topological polar surface area (TPSA) is 47.0 Å². The molecule has 1 aromatic heterocycles. The van der Waals surface area contributed by atoms with Crippen LogP contribution in [0.4, 0.5) is 10.2 Å². The summed E-state index contributed by atoms with van der Waals surface area (Å²) in [6.07, 6.45) is 0. The highest BCUT2D eigenvalue weighted by Gasteiger charge is 2.14. The van der Waals surface area contributed by atoms with E-state index in [0.717, 1.165) is 11.0 Å². The van der Waals surface area contributed by atoms with E-state index in [1.165, 1.54) is 6.07 Å². The molecule has 2 rings (SSSR count). The highest BCUT2D eigenvalue weighted by atomic mass is 79.9. The minimum absolute atomic E-state index is 0.341. The third-order valence-electron chi connectivity index (χ3n) is 2.72. The number of hydrogen-bond acceptors (Lipinski definition) is 4. The lowest BCUT2D eigenvalue weighted by Crippen LogP contribution is -2.07. The van der Waals surface area contributed by atoms with Gasteiger partial charge < -0.3 is 10.1 Å². The van der Waals surface area contributed by atoms with Crippen LogP contribution in [0.3, 0.4) is 0 Å². The monoisotopic (exact) mass is 417 g/mol. The third kappa shape index (κ3) is 3.78. The van der Waals surface area contributed by atoms with Crippen LogP contribution >= 0.6 is 31.9 Å². The predicted octanol–water partition coefficient (Wildman–Crippen LogP) is 4.39. The molecule has 0 fully saturated rings. The van der Waals surface area contributed by atoms with Gasteiger partial charge in [0.2, 0.25) is 0 Å². The van der Waals surface area contributed by atoms with Crippen LogP contribution in [0.25, 0.3) is 11.4 Å². The molecule has 0 atom stereocenters. The molecule has 7 heteroatoms. The molecule has 0 aliphatic carbocycles. The van der Waals surface area contributed by atoms with E-state index in [0.29, 0.717) is 34.0 Å². The Balaban J connectivity index is 2.53. The van der Waals surface area contributed by atoms with Gasteiger partial charge in [-0.1, -0.05) is 0 Å². The maximum Gasteiger partial charge on any atom is 0.162 e. The number of aromatic nitrogens is 2. The summed E-state index contributed by atoms with van der Waals surface area (Å²) >= 11 is 6.60. The number of methoxy groups -OCH3 is 1. The average Bonchev–Trinajstić information content (AvgIpc) is 2.46. The van der Waals surface area contributed by atoms with Crippen LogP contribution in [-0.2, 0) is 11.3 Å². The first kappa shape index (κ1) is 16.3. The van der Waals surface area contributed by atoms with Gasteiger partial charge in [-0.25, -0.2) is 14.4 Å². The normalized spacial score (nSPS) is 10.7. The summed E-state index contributed by atoms with van der Waals surface area (Å²) in [5.74, 6) is 0.766. The molecule has 0 spiro atoms. The zero-order valence-electron chi connectivity index (χ0n) is 11.6. The van der Waals surface area contributed by atoms with Crippen molar-refractivity contribution in [2.24, 2.45) is 0 Å². The van der Waals surface area contributed by atoms with Crippen LogP contribution in [0.2, 0.25) is 0 Å². The number of halogens is 3. The molecule has 0 aliphatic heterocycles. The lowest BCUT2D eigenvalue weighted by Gasteiger charge is -2.12. The lowest BCUT2D eigenvalue weighted by atomic mass is 10.2. The van der Waals surface area contributed by atoms with Crippen molar-refractivity contribution in [3.8, 4) is 11.4 Å². The summed E-state index contributed by atoms with van der Waals surface area (Å²) in [4.78, 5) is 8.88. The molecule has 0 radical (unpaired) electrons. The molecule has 0 unspecified atom stereocenters. The van der Waals surface area contributed by atoms with Gasteiger partial charge in [-0.05, 0) is 57.0 Å². The molecule has 1 heterocycles. The summed E-state index contributed by atoms with van der Waals surface area (Å²) < 4.78 is 20.0. The van der Waals surface area contributed by atoms with Gasteiger partial charge in [-0.2, -0.15) is 0 Å². The van der Waals surface area contributed by atoms with Crippen molar-refractivity contribution in [1.82, 2.24) is 9.97 Å². The predicted molar refractivity (Wildman–Crippen MR) is 87.7 cm³/mol. The minimum atomic E-state index is -0.350. The lowest BCUT2D eigenvalue weighted by molar-refractivity contribution is 0.181. The molecule has 1 N–H and O–H groups in total. The molecule has 0 saturated heterocycles. The number of hydrogen-bond donors (Lipinski definition) is 1. The highest BCUT2D eigenvalue weighted by Crippen LogP contribution is 2.29. The molecule has 2 aromatic rings. The van der Waals surface area contributed by atoms with Crippen LogP contribution in [0.5, 0.6) is 0 Å². The Morgan fingerprint density at radius 3 is 2.67 bits per heavy atom. The van der Waals surface area contributed by atoms with E-state index in [2.05, 4.69) is 47.1 Å². The van der Waals surface area contributed by atoms with E-state index in [1.807, 2.05) is 6.92 Å². The Morgan fingerprint density at radius 2 is 2.05 bits per heavy atom. The molecule has 0 bridgehead atoms. The minimum Gasteiger partial charge on any atom is -0.378 e. The Hall–Kier alpha value is -1.05. The van der Waals surface area contributed by atoms with Gasteiger partial charge in [0.1, 0.15) is 11.6 Å².